The molecule has 84 valence electrons. The maximum Gasteiger partial charge on any atom is 0.107 e. The summed E-state index contributed by atoms with van der Waals surface area (Å²) in [5, 5.41) is 0. The molecule has 0 spiro atoms. The van der Waals surface area contributed by atoms with Crippen molar-refractivity contribution in [1.29, 1.82) is 0 Å². The normalized spacial score (nSPS) is 17.3. The van der Waals surface area contributed by atoms with Crippen molar-refractivity contribution in [3.63, 3.8) is 0 Å². The summed E-state index contributed by atoms with van der Waals surface area (Å²) >= 11 is 0. The molecule has 1 aromatic carbocycles. The summed E-state index contributed by atoms with van der Waals surface area (Å²) in [4.78, 5) is 8.17. The van der Waals surface area contributed by atoms with Crippen LogP contribution in [-0.4, -0.2) is 9.97 Å². The van der Waals surface area contributed by atoms with Gasteiger partial charge in [0.2, 0.25) is 0 Å². The predicted octanol–water partition coefficient (Wildman–Crippen LogP) is 3.60. The van der Waals surface area contributed by atoms with E-state index in [-0.39, 0.29) is 0 Å². The van der Waals surface area contributed by atoms with Crippen LogP contribution in [0.1, 0.15) is 37.1 Å². The molecule has 1 saturated carbocycles. The number of nitrogens with zero attached hydrogens (tertiary/aromatic N) is 1. The number of aromatic amines is 1. The SMILES string of the molecule is Cc1cccc2[nH]c(CC3CCCC3)nc12. The molecule has 1 fully saturated rings. The Kier molecular flexibility index (Phi) is 2.43. The van der Waals surface area contributed by atoms with E-state index >= 15 is 0 Å². The number of aromatic nitrogens is 2. The molecule has 1 aromatic heterocycles. The van der Waals surface area contributed by atoms with E-state index < -0.39 is 0 Å². The molecule has 3 rings (SSSR count). The second-order valence-electron chi connectivity index (χ2n) is 5.01. The molecule has 0 unspecified atom stereocenters. The maximum absolute atomic E-state index is 4.72. The van der Waals surface area contributed by atoms with Crippen molar-refractivity contribution in [3.8, 4) is 0 Å². The number of hydrogen-bond donors (Lipinski definition) is 1. The van der Waals surface area contributed by atoms with Gasteiger partial charge in [-0.3, -0.25) is 0 Å². The molecule has 2 nitrogen and oxygen atoms in total. The molecule has 2 aromatic rings. The Bertz CT molecular complexity index is 492. The number of aryl methyl sites for hydroxylation is 1. The lowest BCUT2D eigenvalue weighted by Gasteiger charge is -2.04. The van der Waals surface area contributed by atoms with Gasteiger partial charge < -0.3 is 4.98 Å². The van der Waals surface area contributed by atoms with Crippen LogP contribution >= 0.6 is 0 Å². The van der Waals surface area contributed by atoms with Gasteiger partial charge in [-0.05, 0) is 24.5 Å². The molecule has 0 radical (unpaired) electrons. The minimum Gasteiger partial charge on any atom is -0.342 e. The number of H-pyrrole nitrogens is 1. The molecule has 0 atom stereocenters. The van der Waals surface area contributed by atoms with Crippen molar-refractivity contribution < 1.29 is 0 Å². The zero-order valence-corrected chi connectivity index (χ0v) is 9.79. The molecule has 0 amide bonds. The highest BCUT2D eigenvalue weighted by Gasteiger charge is 2.17. The number of imidazole rings is 1. The van der Waals surface area contributed by atoms with Gasteiger partial charge in [0.15, 0.2) is 0 Å². The van der Waals surface area contributed by atoms with E-state index in [1.54, 1.807) is 0 Å². The molecule has 2 heteroatoms. The number of fused-ring (bicyclic) bond motifs is 1. The van der Waals surface area contributed by atoms with Crippen LogP contribution in [0, 0.1) is 12.8 Å². The first kappa shape index (κ1) is 9.88. The fourth-order valence-corrected chi connectivity index (χ4v) is 2.81. The summed E-state index contributed by atoms with van der Waals surface area (Å²) in [6.45, 7) is 2.13. The van der Waals surface area contributed by atoms with Crippen LogP contribution in [0.25, 0.3) is 11.0 Å². The quantitative estimate of drug-likeness (QED) is 0.813. The highest BCUT2D eigenvalue weighted by molar-refractivity contribution is 5.78. The minimum absolute atomic E-state index is 0.862. The number of nitrogens with one attached hydrogen (secondary N) is 1. The topological polar surface area (TPSA) is 28.7 Å². The summed E-state index contributed by atoms with van der Waals surface area (Å²) in [5.41, 5.74) is 3.61. The monoisotopic (exact) mass is 214 g/mol. The van der Waals surface area contributed by atoms with Crippen molar-refractivity contribution >= 4 is 11.0 Å². The number of rotatable bonds is 2. The molecular weight excluding hydrogens is 196 g/mol. The summed E-state index contributed by atoms with van der Waals surface area (Å²) in [5.74, 6) is 2.04. The summed E-state index contributed by atoms with van der Waals surface area (Å²) in [6, 6.07) is 6.34. The van der Waals surface area contributed by atoms with Gasteiger partial charge in [0, 0.05) is 6.42 Å². The van der Waals surface area contributed by atoms with Crippen molar-refractivity contribution in [2.24, 2.45) is 5.92 Å². The van der Waals surface area contributed by atoms with Crippen molar-refractivity contribution in [3.05, 3.63) is 29.6 Å². The average molecular weight is 214 g/mol. The van der Waals surface area contributed by atoms with E-state index in [0.29, 0.717) is 0 Å². The molecule has 1 heterocycles. The zero-order chi connectivity index (χ0) is 11.0. The van der Waals surface area contributed by atoms with Crippen LogP contribution in [0.5, 0.6) is 0 Å². The van der Waals surface area contributed by atoms with Crippen molar-refractivity contribution in [2.45, 2.75) is 39.0 Å². The van der Waals surface area contributed by atoms with Gasteiger partial charge in [-0.15, -0.1) is 0 Å². The van der Waals surface area contributed by atoms with Crippen molar-refractivity contribution in [1.82, 2.24) is 9.97 Å². The summed E-state index contributed by atoms with van der Waals surface area (Å²) in [6.07, 6.45) is 6.72. The van der Waals surface area contributed by atoms with Gasteiger partial charge >= 0.3 is 0 Å². The standard InChI is InChI=1S/C14H18N2/c1-10-5-4-8-12-14(10)16-13(15-12)9-11-6-2-3-7-11/h4-5,8,11H,2-3,6-7,9H2,1H3,(H,15,16). The fourth-order valence-electron chi connectivity index (χ4n) is 2.81. The van der Waals surface area contributed by atoms with Crippen molar-refractivity contribution in [2.75, 3.05) is 0 Å². The second kappa shape index (κ2) is 3.93. The maximum atomic E-state index is 4.72. The Morgan fingerprint density at radius 3 is 2.88 bits per heavy atom. The Labute approximate surface area is 96.1 Å². The second-order valence-corrected chi connectivity index (χ2v) is 5.01. The van der Waals surface area contributed by atoms with Gasteiger partial charge in [-0.1, -0.05) is 37.8 Å². The van der Waals surface area contributed by atoms with Gasteiger partial charge in [0.1, 0.15) is 5.82 Å². The van der Waals surface area contributed by atoms with E-state index in [1.807, 2.05) is 0 Å². The van der Waals surface area contributed by atoms with E-state index in [4.69, 9.17) is 4.98 Å². The number of benzene rings is 1. The fraction of sp³-hybridized carbons (Fsp3) is 0.500. The molecular formula is C14H18N2. The molecule has 0 bridgehead atoms. The average Bonchev–Trinajstić information content (AvgIpc) is 2.88. The molecule has 0 saturated heterocycles. The van der Waals surface area contributed by atoms with E-state index in [0.717, 1.165) is 17.9 Å². The molecule has 1 N–H and O–H groups in total. The van der Waals surface area contributed by atoms with Crippen LogP contribution in [0.3, 0.4) is 0 Å². The Morgan fingerprint density at radius 1 is 1.31 bits per heavy atom. The van der Waals surface area contributed by atoms with E-state index in [9.17, 15) is 0 Å². The smallest absolute Gasteiger partial charge is 0.107 e. The first-order valence-corrected chi connectivity index (χ1v) is 6.27. The Morgan fingerprint density at radius 2 is 2.12 bits per heavy atom. The first-order chi connectivity index (χ1) is 7.83. The van der Waals surface area contributed by atoms with Crippen LogP contribution in [0.2, 0.25) is 0 Å². The third-order valence-corrected chi connectivity index (χ3v) is 3.72. The van der Waals surface area contributed by atoms with Gasteiger partial charge in [0.25, 0.3) is 0 Å². The third-order valence-electron chi connectivity index (χ3n) is 3.72. The lowest BCUT2D eigenvalue weighted by Crippen LogP contribution is -2.00. The van der Waals surface area contributed by atoms with E-state index in [1.165, 1.54) is 42.6 Å². The number of hydrogen-bond acceptors (Lipinski definition) is 1. The van der Waals surface area contributed by atoms with E-state index in [2.05, 4.69) is 30.1 Å². The Hall–Kier alpha value is -1.31. The minimum atomic E-state index is 0.862. The van der Waals surface area contributed by atoms with Gasteiger partial charge in [-0.25, -0.2) is 4.98 Å². The van der Waals surface area contributed by atoms with Crippen LogP contribution < -0.4 is 0 Å². The third kappa shape index (κ3) is 1.73. The zero-order valence-electron chi connectivity index (χ0n) is 9.79. The Balaban J connectivity index is 1.90. The summed E-state index contributed by atoms with van der Waals surface area (Å²) < 4.78 is 0. The van der Waals surface area contributed by atoms with Gasteiger partial charge in [-0.2, -0.15) is 0 Å². The first-order valence-electron chi connectivity index (χ1n) is 6.27. The van der Waals surface area contributed by atoms with Gasteiger partial charge in [0.05, 0.1) is 11.0 Å². The molecule has 0 aliphatic heterocycles. The largest absolute Gasteiger partial charge is 0.342 e. The summed E-state index contributed by atoms with van der Waals surface area (Å²) in [7, 11) is 0. The molecule has 1 aliphatic rings. The van der Waals surface area contributed by atoms with Crippen LogP contribution in [-0.2, 0) is 6.42 Å². The lowest BCUT2D eigenvalue weighted by molar-refractivity contribution is 0.534. The van der Waals surface area contributed by atoms with Crippen LogP contribution in [0.4, 0.5) is 0 Å². The molecule has 1 aliphatic carbocycles. The highest BCUT2D eigenvalue weighted by atomic mass is 14.9. The molecule has 16 heavy (non-hydrogen) atoms. The number of para-hydroxylation sites is 1. The predicted molar refractivity (Wildman–Crippen MR) is 66.5 cm³/mol. The highest BCUT2D eigenvalue weighted by Crippen LogP contribution is 2.28. The lowest BCUT2D eigenvalue weighted by atomic mass is 10.0. The van der Waals surface area contributed by atoms with Crippen LogP contribution in [0.15, 0.2) is 18.2 Å².